The standard InChI is InChI=1S/C15H16N2O3/c18-15(19)13-8-4-9-14(17-13)16-10-5-11-20-12-6-2-1-3-7-12/h1-4,6-9H,5,10-11H2,(H,16,17)(H,18,19). The first-order valence-corrected chi connectivity index (χ1v) is 6.38. The number of carboxylic acid groups (broad SMARTS) is 1. The molecule has 2 rings (SSSR count). The Balaban J connectivity index is 1.71. The second-order valence-electron chi connectivity index (χ2n) is 4.16. The Morgan fingerprint density at radius 2 is 1.95 bits per heavy atom. The lowest BCUT2D eigenvalue weighted by Crippen LogP contribution is -2.09. The summed E-state index contributed by atoms with van der Waals surface area (Å²) in [6.45, 7) is 1.26. The number of hydrogen-bond donors (Lipinski definition) is 2. The predicted octanol–water partition coefficient (Wildman–Crippen LogP) is 2.66. The average Bonchev–Trinajstić information content (AvgIpc) is 2.48. The van der Waals surface area contributed by atoms with Crippen molar-refractivity contribution in [3.8, 4) is 5.75 Å². The smallest absolute Gasteiger partial charge is 0.354 e. The molecule has 0 aliphatic carbocycles. The highest BCUT2D eigenvalue weighted by molar-refractivity contribution is 5.85. The van der Waals surface area contributed by atoms with Crippen LogP contribution in [0.25, 0.3) is 0 Å². The maximum Gasteiger partial charge on any atom is 0.354 e. The lowest BCUT2D eigenvalue weighted by molar-refractivity contribution is 0.0690. The molecule has 1 heterocycles. The van der Waals surface area contributed by atoms with Gasteiger partial charge in [0.25, 0.3) is 0 Å². The summed E-state index contributed by atoms with van der Waals surface area (Å²) in [5.41, 5.74) is 0.0375. The van der Waals surface area contributed by atoms with E-state index in [0.717, 1.165) is 12.2 Å². The Morgan fingerprint density at radius 1 is 1.15 bits per heavy atom. The summed E-state index contributed by atoms with van der Waals surface area (Å²) in [5.74, 6) is 0.379. The van der Waals surface area contributed by atoms with Crippen LogP contribution in [0.1, 0.15) is 16.9 Å². The number of aromatic carboxylic acids is 1. The van der Waals surface area contributed by atoms with E-state index in [2.05, 4.69) is 10.3 Å². The van der Waals surface area contributed by atoms with Crippen LogP contribution >= 0.6 is 0 Å². The first-order valence-electron chi connectivity index (χ1n) is 6.38. The van der Waals surface area contributed by atoms with Gasteiger partial charge in [-0.05, 0) is 30.7 Å². The maximum atomic E-state index is 10.8. The summed E-state index contributed by atoms with van der Waals surface area (Å²) in [4.78, 5) is 14.8. The van der Waals surface area contributed by atoms with Gasteiger partial charge in [-0.3, -0.25) is 0 Å². The molecular weight excluding hydrogens is 256 g/mol. The van der Waals surface area contributed by atoms with Crippen LogP contribution in [0.4, 0.5) is 5.82 Å². The minimum absolute atomic E-state index is 0.0375. The highest BCUT2D eigenvalue weighted by Crippen LogP contribution is 2.09. The molecular formula is C15H16N2O3. The number of anilines is 1. The number of ether oxygens (including phenoxy) is 1. The van der Waals surface area contributed by atoms with Crippen molar-refractivity contribution >= 4 is 11.8 Å². The van der Waals surface area contributed by atoms with Gasteiger partial charge in [0, 0.05) is 6.54 Å². The lowest BCUT2D eigenvalue weighted by atomic mass is 10.3. The van der Waals surface area contributed by atoms with Gasteiger partial charge in [0.15, 0.2) is 5.69 Å². The molecule has 0 bridgehead atoms. The molecule has 0 aliphatic heterocycles. The van der Waals surface area contributed by atoms with Gasteiger partial charge in [0.2, 0.25) is 0 Å². The molecule has 5 heteroatoms. The molecule has 0 spiro atoms. The number of nitrogens with one attached hydrogen (secondary N) is 1. The van der Waals surface area contributed by atoms with E-state index in [9.17, 15) is 4.79 Å². The Morgan fingerprint density at radius 3 is 2.70 bits per heavy atom. The largest absolute Gasteiger partial charge is 0.494 e. The summed E-state index contributed by atoms with van der Waals surface area (Å²) in [6, 6.07) is 14.5. The fraction of sp³-hybridized carbons (Fsp3) is 0.200. The third-order valence-electron chi connectivity index (χ3n) is 2.61. The fourth-order valence-electron chi connectivity index (χ4n) is 1.65. The van der Waals surface area contributed by atoms with Crippen LogP contribution in [0.15, 0.2) is 48.5 Å². The second-order valence-corrected chi connectivity index (χ2v) is 4.16. The molecule has 0 atom stereocenters. The zero-order valence-electron chi connectivity index (χ0n) is 11.0. The maximum absolute atomic E-state index is 10.8. The summed E-state index contributed by atoms with van der Waals surface area (Å²) in [5, 5.41) is 11.9. The number of aromatic nitrogens is 1. The van der Waals surface area contributed by atoms with Gasteiger partial charge in [0.1, 0.15) is 11.6 Å². The van der Waals surface area contributed by atoms with Crippen LogP contribution in [-0.2, 0) is 0 Å². The van der Waals surface area contributed by atoms with Crippen molar-refractivity contribution in [2.45, 2.75) is 6.42 Å². The van der Waals surface area contributed by atoms with Crippen LogP contribution in [0.5, 0.6) is 5.75 Å². The molecule has 1 aromatic carbocycles. The van der Waals surface area contributed by atoms with Crippen molar-refractivity contribution in [3.05, 3.63) is 54.2 Å². The Kier molecular flexibility index (Phi) is 4.94. The third-order valence-corrected chi connectivity index (χ3v) is 2.61. The van der Waals surface area contributed by atoms with E-state index in [-0.39, 0.29) is 5.69 Å². The minimum Gasteiger partial charge on any atom is -0.494 e. The summed E-state index contributed by atoms with van der Waals surface area (Å²) >= 11 is 0. The molecule has 0 aliphatic rings. The van der Waals surface area contributed by atoms with Crippen LogP contribution in [0.3, 0.4) is 0 Å². The molecule has 104 valence electrons. The Bertz CT molecular complexity index is 558. The van der Waals surface area contributed by atoms with Gasteiger partial charge < -0.3 is 15.2 Å². The number of rotatable bonds is 7. The molecule has 5 nitrogen and oxygen atoms in total. The van der Waals surface area contributed by atoms with Crippen molar-refractivity contribution in [2.75, 3.05) is 18.5 Å². The summed E-state index contributed by atoms with van der Waals surface area (Å²) in [6.07, 6.45) is 0.799. The van der Waals surface area contributed by atoms with Gasteiger partial charge in [-0.15, -0.1) is 0 Å². The molecule has 1 aromatic heterocycles. The van der Waals surface area contributed by atoms with E-state index in [4.69, 9.17) is 9.84 Å². The van der Waals surface area contributed by atoms with Crippen molar-refractivity contribution in [2.24, 2.45) is 0 Å². The average molecular weight is 272 g/mol. The SMILES string of the molecule is O=C(O)c1cccc(NCCCOc2ccccc2)n1. The molecule has 2 aromatic rings. The van der Waals surface area contributed by atoms with E-state index in [1.54, 1.807) is 12.1 Å². The van der Waals surface area contributed by atoms with E-state index in [1.165, 1.54) is 6.07 Å². The minimum atomic E-state index is -1.03. The van der Waals surface area contributed by atoms with E-state index in [0.29, 0.717) is 19.0 Å². The normalized spacial score (nSPS) is 10.0. The summed E-state index contributed by atoms with van der Waals surface area (Å²) < 4.78 is 5.55. The van der Waals surface area contributed by atoms with Gasteiger partial charge in [-0.1, -0.05) is 24.3 Å². The van der Waals surface area contributed by atoms with Crippen LogP contribution < -0.4 is 10.1 Å². The van der Waals surface area contributed by atoms with E-state index in [1.807, 2.05) is 30.3 Å². The highest BCUT2D eigenvalue weighted by atomic mass is 16.5. The molecule has 0 saturated carbocycles. The van der Waals surface area contributed by atoms with Gasteiger partial charge >= 0.3 is 5.97 Å². The molecule has 0 unspecified atom stereocenters. The van der Waals surface area contributed by atoms with Crippen molar-refractivity contribution in [1.29, 1.82) is 0 Å². The molecule has 20 heavy (non-hydrogen) atoms. The number of carbonyl (C=O) groups is 1. The van der Waals surface area contributed by atoms with Crippen LogP contribution in [0.2, 0.25) is 0 Å². The fourth-order valence-corrected chi connectivity index (χ4v) is 1.65. The number of benzene rings is 1. The number of nitrogens with zero attached hydrogens (tertiary/aromatic N) is 1. The monoisotopic (exact) mass is 272 g/mol. The Labute approximate surface area is 117 Å². The topological polar surface area (TPSA) is 71.5 Å². The molecule has 0 amide bonds. The number of carboxylic acids is 1. The molecule has 0 fully saturated rings. The summed E-state index contributed by atoms with van der Waals surface area (Å²) in [7, 11) is 0. The van der Waals surface area contributed by atoms with Crippen LogP contribution in [0, 0.1) is 0 Å². The number of pyridine rings is 1. The predicted molar refractivity (Wildman–Crippen MR) is 76.2 cm³/mol. The molecule has 2 N–H and O–H groups in total. The van der Waals surface area contributed by atoms with Crippen molar-refractivity contribution < 1.29 is 14.6 Å². The van der Waals surface area contributed by atoms with Crippen LogP contribution in [-0.4, -0.2) is 29.2 Å². The van der Waals surface area contributed by atoms with Crippen molar-refractivity contribution in [3.63, 3.8) is 0 Å². The zero-order chi connectivity index (χ0) is 14.2. The van der Waals surface area contributed by atoms with Crippen molar-refractivity contribution in [1.82, 2.24) is 4.98 Å². The Hall–Kier alpha value is -2.56. The van der Waals surface area contributed by atoms with Gasteiger partial charge in [0.05, 0.1) is 6.61 Å². The molecule has 0 radical (unpaired) electrons. The quantitative estimate of drug-likeness (QED) is 0.758. The number of para-hydroxylation sites is 1. The molecule has 0 saturated heterocycles. The number of hydrogen-bond acceptors (Lipinski definition) is 4. The van der Waals surface area contributed by atoms with E-state index >= 15 is 0 Å². The van der Waals surface area contributed by atoms with Gasteiger partial charge in [-0.2, -0.15) is 0 Å². The first kappa shape index (κ1) is 13.9. The second kappa shape index (κ2) is 7.13. The van der Waals surface area contributed by atoms with E-state index < -0.39 is 5.97 Å². The highest BCUT2D eigenvalue weighted by Gasteiger charge is 2.04. The van der Waals surface area contributed by atoms with Gasteiger partial charge in [-0.25, -0.2) is 9.78 Å². The zero-order valence-corrected chi connectivity index (χ0v) is 11.0. The first-order chi connectivity index (χ1) is 9.75. The lowest BCUT2D eigenvalue weighted by Gasteiger charge is -2.08. The third kappa shape index (κ3) is 4.28.